The van der Waals surface area contributed by atoms with Crippen molar-refractivity contribution in [2.45, 2.75) is 58.0 Å². The SMILES string of the molecule is CC(C)CCOc1ccc(-c2ccc(C(=O)NS(=O)(=O)c3cccc(N)n3)c(N3CC(C)CC3(C)C)n2)cn1. The number of nitrogen functional groups attached to an aromatic ring is 1. The Balaban J connectivity index is 1.67. The summed E-state index contributed by atoms with van der Waals surface area (Å²) in [6, 6.07) is 11.2. The standard InChI is InChI=1S/C28H36N6O4S/c1-18(2)13-14-38-24-12-9-20(16-30-24)22-11-10-21(26(31-22)34-17-19(3)15-28(34,4)5)27(35)33-39(36,37)25-8-6-7-23(29)32-25/h6-12,16,18-19H,13-15,17H2,1-5H3,(H2,29,32)(H,33,35). The smallest absolute Gasteiger partial charge is 0.281 e. The molecule has 208 valence electrons. The number of aromatic nitrogens is 3. The van der Waals surface area contributed by atoms with Gasteiger partial charge in [-0.1, -0.05) is 26.8 Å². The third kappa shape index (κ3) is 6.65. The Morgan fingerprint density at radius 1 is 1.18 bits per heavy atom. The number of anilines is 2. The van der Waals surface area contributed by atoms with Crippen LogP contribution in [0.25, 0.3) is 11.3 Å². The number of amides is 1. The van der Waals surface area contributed by atoms with Crippen LogP contribution in [0.2, 0.25) is 0 Å². The highest BCUT2D eigenvalue weighted by Crippen LogP contribution is 2.38. The molecule has 3 N–H and O–H groups in total. The van der Waals surface area contributed by atoms with Crippen LogP contribution in [-0.2, 0) is 10.0 Å². The molecule has 3 aromatic heterocycles. The van der Waals surface area contributed by atoms with E-state index in [0.29, 0.717) is 42.4 Å². The molecule has 1 amide bonds. The summed E-state index contributed by atoms with van der Waals surface area (Å²) in [6.45, 7) is 11.9. The largest absolute Gasteiger partial charge is 0.478 e. The minimum absolute atomic E-state index is 0.0368. The first-order chi connectivity index (χ1) is 18.4. The lowest BCUT2D eigenvalue weighted by atomic mass is 9.97. The summed E-state index contributed by atoms with van der Waals surface area (Å²) < 4.78 is 33.7. The van der Waals surface area contributed by atoms with Crippen molar-refractivity contribution in [1.82, 2.24) is 19.7 Å². The molecule has 0 bridgehead atoms. The number of nitrogens with zero attached hydrogens (tertiary/aromatic N) is 4. The fourth-order valence-corrected chi connectivity index (χ4v) is 5.72. The van der Waals surface area contributed by atoms with Crippen molar-refractivity contribution in [3.05, 3.63) is 54.2 Å². The van der Waals surface area contributed by atoms with Gasteiger partial charge in [-0.3, -0.25) is 4.79 Å². The zero-order valence-corrected chi connectivity index (χ0v) is 23.8. The maximum atomic E-state index is 13.4. The molecule has 4 heterocycles. The van der Waals surface area contributed by atoms with Gasteiger partial charge in [0.15, 0.2) is 5.03 Å². The predicted molar refractivity (Wildman–Crippen MR) is 151 cm³/mol. The van der Waals surface area contributed by atoms with E-state index in [9.17, 15) is 13.2 Å². The van der Waals surface area contributed by atoms with Gasteiger partial charge in [0.05, 0.1) is 17.9 Å². The van der Waals surface area contributed by atoms with Gasteiger partial charge < -0.3 is 15.4 Å². The Kier molecular flexibility index (Phi) is 8.10. The van der Waals surface area contributed by atoms with E-state index >= 15 is 0 Å². The number of ether oxygens (including phenoxy) is 1. The number of sulfonamides is 1. The minimum atomic E-state index is -4.25. The first-order valence-electron chi connectivity index (χ1n) is 13.0. The van der Waals surface area contributed by atoms with Gasteiger partial charge in [0.1, 0.15) is 11.6 Å². The molecule has 10 nitrogen and oxygen atoms in total. The van der Waals surface area contributed by atoms with E-state index in [1.54, 1.807) is 24.4 Å². The van der Waals surface area contributed by atoms with Gasteiger partial charge in [-0.2, -0.15) is 8.42 Å². The van der Waals surface area contributed by atoms with Crippen molar-refractivity contribution in [1.29, 1.82) is 0 Å². The number of pyridine rings is 3. The number of rotatable bonds is 9. The highest BCUT2D eigenvalue weighted by atomic mass is 32.2. The molecule has 0 saturated carbocycles. The number of nitrogens with one attached hydrogen (secondary N) is 1. The van der Waals surface area contributed by atoms with Gasteiger partial charge in [-0.15, -0.1) is 0 Å². The maximum absolute atomic E-state index is 13.4. The van der Waals surface area contributed by atoms with Crippen LogP contribution < -0.4 is 20.1 Å². The molecule has 0 aromatic carbocycles. The topological polar surface area (TPSA) is 140 Å². The highest BCUT2D eigenvalue weighted by Gasteiger charge is 2.39. The first kappa shape index (κ1) is 28.3. The Morgan fingerprint density at radius 3 is 2.56 bits per heavy atom. The summed E-state index contributed by atoms with van der Waals surface area (Å²) in [6.07, 6.45) is 3.52. The quantitative estimate of drug-likeness (QED) is 0.398. The number of carbonyl (C=O) groups is 1. The zero-order chi connectivity index (χ0) is 28.4. The van der Waals surface area contributed by atoms with Crippen LogP contribution in [0, 0.1) is 11.8 Å². The average molecular weight is 553 g/mol. The Labute approximate surface area is 230 Å². The third-order valence-electron chi connectivity index (χ3n) is 6.67. The molecule has 1 unspecified atom stereocenters. The fourth-order valence-electron chi connectivity index (χ4n) is 4.78. The van der Waals surface area contributed by atoms with Crippen molar-refractivity contribution in [2.75, 3.05) is 23.8 Å². The van der Waals surface area contributed by atoms with Gasteiger partial charge in [0.2, 0.25) is 5.88 Å². The molecule has 1 saturated heterocycles. The maximum Gasteiger partial charge on any atom is 0.281 e. The molecule has 1 aliphatic rings. The molecule has 0 spiro atoms. The number of hydrogen-bond donors (Lipinski definition) is 2. The fraction of sp³-hybridized carbons (Fsp3) is 0.429. The summed E-state index contributed by atoms with van der Waals surface area (Å²) in [5.41, 5.74) is 6.86. The van der Waals surface area contributed by atoms with Crippen LogP contribution in [-0.4, -0.2) is 48.0 Å². The summed E-state index contributed by atoms with van der Waals surface area (Å²) >= 11 is 0. The molecule has 1 atom stereocenters. The molecule has 39 heavy (non-hydrogen) atoms. The lowest BCUT2D eigenvalue weighted by molar-refractivity contribution is 0.0981. The summed E-state index contributed by atoms with van der Waals surface area (Å²) in [5, 5.41) is -0.334. The highest BCUT2D eigenvalue weighted by molar-refractivity contribution is 7.90. The Morgan fingerprint density at radius 2 is 1.95 bits per heavy atom. The van der Waals surface area contributed by atoms with Gasteiger partial charge >= 0.3 is 0 Å². The van der Waals surface area contributed by atoms with E-state index in [1.807, 2.05) is 6.07 Å². The summed E-state index contributed by atoms with van der Waals surface area (Å²) in [4.78, 5) is 28.6. The van der Waals surface area contributed by atoms with Crippen molar-refractivity contribution >= 4 is 27.6 Å². The predicted octanol–water partition coefficient (Wildman–Crippen LogP) is 4.29. The molecule has 4 rings (SSSR count). The molecule has 0 aliphatic carbocycles. The van der Waals surface area contributed by atoms with Crippen LogP contribution in [0.5, 0.6) is 5.88 Å². The summed E-state index contributed by atoms with van der Waals surface area (Å²) in [7, 11) is -4.25. The minimum Gasteiger partial charge on any atom is -0.478 e. The van der Waals surface area contributed by atoms with Crippen LogP contribution in [0.3, 0.4) is 0 Å². The van der Waals surface area contributed by atoms with Crippen molar-refractivity contribution in [3.63, 3.8) is 0 Å². The normalized spacial score (nSPS) is 16.9. The second-order valence-corrected chi connectivity index (χ2v) is 12.7. The van der Waals surface area contributed by atoms with Crippen molar-refractivity contribution < 1.29 is 17.9 Å². The molecular weight excluding hydrogens is 516 g/mol. The van der Waals surface area contributed by atoms with Crippen LogP contribution in [0.15, 0.2) is 53.7 Å². The van der Waals surface area contributed by atoms with Crippen LogP contribution >= 0.6 is 0 Å². The number of carbonyl (C=O) groups excluding carboxylic acids is 1. The molecular formula is C28H36N6O4S. The van der Waals surface area contributed by atoms with E-state index in [1.165, 1.54) is 18.2 Å². The van der Waals surface area contributed by atoms with E-state index in [4.69, 9.17) is 15.5 Å². The lowest BCUT2D eigenvalue weighted by Crippen LogP contribution is -2.41. The average Bonchev–Trinajstić information content (AvgIpc) is 3.15. The zero-order valence-electron chi connectivity index (χ0n) is 23.0. The molecule has 0 radical (unpaired) electrons. The second kappa shape index (κ2) is 11.2. The van der Waals surface area contributed by atoms with Crippen molar-refractivity contribution in [3.8, 4) is 17.1 Å². The van der Waals surface area contributed by atoms with E-state index in [0.717, 1.165) is 18.4 Å². The van der Waals surface area contributed by atoms with E-state index < -0.39 is 15.9 Å². The van der Waals surface area contributed by atoms with Crippen LogP contribution in [0.4, 0.5) is 11.6 Å². The monoisotopic (exact) mass is 552 g/mol. The molecule has 1 aliphatic heterocycles. The first-order valence-corrected chi connectivity index (χ1v) is 14.5. The third-order valence-corrected chi connectivity index (χ3v) is 7.91. The van der Waals surface area contributed by atoms with Gasteiger partial charge in [0, 0.05) is 29.9 Å². The molecule has 3 aromatic rings. The van der Waals surface area contributed by atoms with E-state index in [-0.39, 0.29) is 21.9 Å². The lowest BCUT2D eigenvalue weighted by Gasteiger charge is -2.34. The second-order valence-electron chi connectivity index (χ2n) is 11.1. The Hall–Kier alpha value is -3.73. The van der Waals surface area contributed by atoms with Crippen molar-refractivity contribution in [2.24, 2.45) is 11.8 Å². The molecule has 11 heteroatoms. The van der Waals surface area contributed by atoms with Gasteiger partial charge in [0.25, 0.3) is 15.9 Å². The number of hydrogen-bond acceptors (Lipinski definition) is 9. The number of nitrogens with two attached hydrogens (primary N) is 1. The Bertz CT molecular complexity index is 1440. The van der Waals surface area contributed by atoms with Gasteiger partial charge in [-0.05, 0) is 68.9 Å². The molecule has 1 fully saturated rings. The summed E-state index contributed by atoms with van der Waals surface area (Å²) in [5.74, 6) is 1.09. The van der Waals surface area contributed by atoms with Crippen LogP contribution in [0.1, 0.15) is 57.8 Å². The van der Waals surface area contributed by atoms with E-state index in [2.05, 4.69) is 54.2 Å². The van der Waals surface area contributed by atoms with Gasteiger partial charge in [-0.25, -0.2) is 19.7 Å².